The van der Waals surface area contributed by atoms with E-state index in [4.69, 9.17) is 16.3 Å². The van der Waals surface area contributed by atoms with E-state index in [-0.39, 0.29) is 5.78 Å². The van der Waals surface area contributed by atoms with E-state index in [0.29, 0.717) is 30.3 Å². The molecule has 1 atom stereocenters. The van der Waals surface area contributed by atoms with Gasteiger partial charge in [-0.25, -0.2) is 0 Å². The highest BCUT2D eigenvalue weighted by Gasteiger charge is 2.24. The Hall–Kier alpha value is -0.870. The molecule has 0 saturated carbocycles. The van der Waals surface area contributed by atoms with Crippen LogP contribution in [0.15, 0.2) is 6.20 Å². The van der Waals surface area contributed by atoms with Crippen LogP contribution in [0.1, 0.15) is 37.7 Å². The first-order chi connectivity index (χ1) is 7.65. The van der Waals surface area contributed by atoms with E-state index >= 15 is 0 Å². The average Bonchev–Trinajstić information content (AvgIpc) is 2.66. The van der Waals surface area contributed by atoms with Crippen LogP contribution in [-0.2, 0) is 11.3 Å². The van der Waals surface area contributed by atoms with Crippen molar-refractivity contribution < 1.29 is 9.53 Å². The second-order valence-electron chi connectivity index (χ2n) is 3.37. The number of ether oxygens (including phenoxy) is 1. The van der Waals surface area contributed by atoms with Crippen LogP contribution in [0.4, 0.5) is 0 Å². The summed E-state index contributed by atoms with van der Waals surface area (Å²) in [6.07, 6.45) is 1.71. The third kappa shape index (κ3) is 2.62. The van der Waals surface area contributed by atoms with Crippen LogP contribution in [0.3, 0.4) is 0 Å². The zero-order valence-electron chi connectivity index (χ0n) is 9.86. The first-order valence-corrected chi connectivity index (χ1v) is 5.90. The molecule has 1 rings (SSSR count). The number of rotatable bonds is 6. The van der Waals surface area contributed by atoms with Crippen molar-refractivity contribution in [1.29, 1.82) is 0 Å². The summed E-state index contributed by atoms with van der Waals surface area (Å²) in [7, 11) is 0. The van der Waals surface area contributed by atoms with Crippen molar-refractivity contribution in [2.24, 2.45) is 0 Å². The van der Waals surface area contributed by atoms with E-state index in [9.17, 15) is 4.79 Å². The predicted octanol–water partition coefficient (Wildman–Crippen LogP) is 2.55. The number of Topliss-reactive ketones (excluding diaryl/α,β-unsaturated/α-hetero) is 1. The van der Waals surface area contributed by atoms with E-state index in [1.807, 2.05) is 20.8 Å². The highest BCUT2D eigenvalue weighted by atomic mass is 35.5. The van der Waals surface area contributed by atoms with Gasteiger partial charge in [0.15, 0.2) is 0 Å². The molecule has 4 nitrogen and oxygen atoms in total. The maximum Gasteiger partial charge on any atom is 0.211 e. The normalized spacial score (nSPS) is 12.8. The minimum Gasteiger partial charge on any atom is -0.370 e. The zero-order chi connectivity index (χ0) is 12.1. The molecule has 0 spiro atoms. The Labute approximate surface area is 101 Å². The lowest BCUT2D eigenvalue weighted by molar-refractivity contribution is 0.0434. The summed E-state index contributed by atoms with van der Waals surface area (Å²) in [5.41, 5.74) is 0.449. The van der Waals surface area contributed by atoms with Crippen molar-refractivity contribution in [3.05, 3.63) is 16.9 Å². The number of carbonyl (C=O) groups excluding carboxylic acids is 1. The summed E-state index contributed by atoms with van der Waals surface area (Å²) in [5.74, 6) is -0.0892. The molecule has 0 radical (unpaired) electrons. The molecule has 1 unspecified atom stereocenters. The van der Waals surface area contributed by atoms with Gasteiger partial charge in [0.05, 0.1) is 11.2 Å². The van der Waals surface area contributed by atoms with E-state index in [1.54, 1.807) is 4.68 Å². The highest BCUT2D eigenvalue weighted by Crippen LogP contribution is 2.19. The lowest BCUT2D eigenvalue weighted by atomic mass is 10.1. The minimum absolute atomic E-state index is 0.0892. The summed E-state index contributed by atoms with van der Waals surface area (Å²) in [4.78, 5) is 12.2. The van der Waals surface area contributed by atoms with Gasteiger partial charge in [0, 0.05) is 13.2 Å². The number of hydrogen-bond donors (Lipinski definition) is 0. The molecular weight excluding hydrogens is 228 g/mol. The van der Waals surface area contributed by atoms with Crippen LogP contribution >= 0.6 is 11.6 Å². The number of ketones is 1. The lowest BCUT2D eigenvalue weighted by Crippen LogP contribution is -2.26. The predicted molar refractivity (Wildman–Crippen MR) is 62.9 cm³/mol. The van der Waals surface area contributed by atoms with Crippen molar-refractivity contribution in [1.82, 2.24) is 9.78 Å². The Balaban J connectivity index is 2.97. The molecular formula is C11H17ClN2O2. The van der Waals surface area contributed by atoms with Crippen molar-refractivity contribution in [2.75, 3.05) is 6.61 Å². The van der Waals surface area contributed by atoms with E-state index in [2.05, 4.69) is 5.10 Å². The third-order valence-electron chi connectivity index (χ3n) is 2.36. The molecule has 1 aromatic heterocycles. The number of halogens is 1. The molecule has 0 saturated heterocycles. The monoisotopic (exact) mass is 244 g/mol. The zero-order valence-corrected chi connectivity index (χ0v) is 10.6. The Morgan fingerprint density at radius 3 is 2.75 bits per heavy atom. The average molecular weight is 245 g/mol. The number of carbonyl (C=O) groups is 1. The SMILES string of the molecule is CCOC(CC)C(=O)c1c(Cl)cnn1CC. The molecule has 0 amide bonds. The largest absolute Gasteiger partial charge is 0.370 e. The number of hydrogen-bond acceptors (Lipinski definition) is 3. The first kappa shape index (κ1) is 13.2. The van der Waals surface area contributed by atoms with Gasteiger partial charge in [0.25, 0.3) is 0 Å². The van der Waals surface area contributed by atoms with Gasteiger partial charge < -0.3 is 4.74 Å². The van der Waals surface area contributed by atoms with Crippen LogP contribution in [0, 0.1) is 0 Å². The molecule has 0 bridgehead atoms. The van der Waals surface area contributed by atoms with Crippen LogP contribution in [0.5, 0.6) is 0 Å². The van der Waals surface area contributed by atoms with Crippen molar-refractivity contribution >= 4 is 17.4 Å². The van der Waals surface area contributed by atoms with Gasteiger partial charge in [-0.2, -0.15) is 5.10 Å². The van der Waals surface area contributed by atoms with Crippen LogP contribution in [0.2, 0.25) is 5.02 Å². The standard InChI is InChI=1S/C11H17ClN2O2/c1-4-9(16-6-3)11(15)10-8(12)7-13-14(10)5-2/h7,9H,4-6H2,1-3H3. The fraction of sp³-hybridized carbons (Fsp3) is 0.636. The molecule has 0 aliphatic carbocycles. The van der Waals surface area contributed by atoms with Crippen LogP contribution in [0.25, 0.3) is 0 Å². The van der Waals surface area contributed by atoms with Crippen LogP contribution in [-0.4, -0.2) is 28.3 Å². The Morgan fingerprint density at radius 1 is 1.56 bits per heavy atom. The topological polar surface area (TPSA) is 44.1 Å². The number of nitrogens with zero attached hydrogens (tertiary/aromatic N) is 2. The maximum absolute atomic E-state index is 12.2. The van der Waals surface area contributed by atoms with Gasteiger partial charge in [-0.1, -0.05) is 18.5 Å². The van der Waals surface area contributed by atoms with Crippen molar-refractivity contribution in [2.45, 2.75) is 39.8 Å². The van der Waals surface area contributed by atoms with Gasteiger partial charge in [-0.15, -0.1) is 0 Å². The van der Waals surface area contributed by atoms with E-state index < -0.39 is 6.10 Å². The first-order valence-electron chi connectivity index (χ1n) is 5.52. The van der Waals surface area contributed by atoms with Gasteiger partial charge in [0.1, 0.15) is 11.8 Å². The highest BCUT2D eigenvalue weighted by molar-refractivity contribution is 6.33. The molecule has 5 heteroatoms. The van der Waals surface area contributed by atoms with Crippen molar-refractivity contribution in [3.63, 3.8) is 0 Å². The molecule has 0 aromatic carbocycles. The van der Waals surface area contributed by atoms with Gasteiger partial charge >= 0.3 is 0 Å². The molecule has 0 aliphatic heterocycles. The minimum atomic E-state index is -0.426. The third-order valence-corrected chi connectivity index (χ3v) is 2.64. The Morgan fingerprint density at radius 2 is 2.25 bits per heavy atom. The van der Waals surface area contributed by atoms with Gasteiger partial charge in [0.2, 0.25) is 5.78 Å². The second kappa shape index (κ2) is 6.01. The summed E-state index contributed by atoms with van der Waals surface area (Å²) in [6, 6.07) is 0. The quantitative estimate of drug-likeness (QED) is 0.723. The smallest absolute Gasteiger partial charge is 0.211 e. The van der Waals surface area contributed by atoms with Gasteiger partial charge in [-0.05, 0) is 20.3 Å². The molecule has 0 N–H and O–H groups in total. The summed E-state index contributed by atoms with van der Waals surface area (Å²) >= 11 is 5.96. The maximum atomic E-state index is 12.2. The molecule has 16 heavy (non-hydrogen) atoms. The van der Waals surface area contributed by atoms with Crippen LogP contribution < -0.4 is 0 Å². The Kier molecular flexibility index (Phi) is 4.96. The molecule has 1 heterocycles. The number of aromatic nitrogens is 2. The second-order valence-corrected chi connectivity index (χ2v) is 3.78. The lowest BCUT2D eigenvalue weighted by Gasteiger charge is -2.14. The fourth-order valence-corrected chi connectivity index (χ4v) is 1.81. The molecule has 0 aliphatic rings. The Bertz CT molecular complexity index is 363. The molecule has 90 valence electrons. The summed E-state index contributed by atoms with van der Waals surface area (Å²) < 4.78 is 6.99. The number of aryl methyl sites for hydroxylation is 1. The van der Waals surface area contributed by atoms with E-state index in [0.717, 1.165) is 0 Å². The fourth-order valence-electron chi connectivity index (χ4n) is 1.58. The van der Waals surface area contributed by atoms with Gasteiger partial charge in [-0.3, -0.25) is 9.48 Å². The molecule has 1 aromatic rings. The summed E-state index contributed by atoms with van der Waals surface area (Å²) in [5, 5.41) is 4.43. The van der Waals surface area contributed by atoms with E-state index in [1.165, 1.54) is 6.20 Å². The van der Waals surface area contributed by atoms with Crippen molar-refractivity contribution in [3.8, 4) is 0 Å². The summed E-state index contributed by atoms with van der Waals surface area (Å²) in [6.45, 7) is 6.84. The molecule has 0 fully saturated rings.